The molecule has 0 fully saturated rings. The fraction of sp³-hybridized carbons (Fsp3) is 0.167. The molecular formula is C12H11Br2N3O. The average molecular weight is 373 g/mol. The zero-order valence-corrected chi connectivity index (χ0v) is 13.0. The van der Waals surface area contributed by atoms with Crippen molar-refractivity contribution in [3.05, 3.63) is 43.5 Å². The quantitative estimate of drug-likeness (QED) is 0.881. The minimum absolute atomic E-state index is 0.152. The number of fused-ring (bicyclic) bond motifs is 1. The summed E-state index contributed by atoms with van der Waals surface area (Å²) < 4.78 is 1.63. The third-order valence-corrected chi connectivity index (χ3v) is 3.34. The molecule has 6 heteroatoms. The Kier molecular flexibility index (Phi) is 3.87. The van der Waals surface area contributed by atoms with Crippen LogP contribution in [0.25, 0.3) is 17.0 Å². The lowest BCUT2D eigenvalue weighted by atomic mass is 10.2. The monoisotopic (exact) mass is 371 g/mol. The van der Waals surface area contributed by atoms with Gasteiger partial charge in [-0.1, -0.05) is 15.9 Å². The van der Waals surface area contributed by atoms with Crippen molar-refractivity contribution in [2.45, 2.75) is 0 Å². The van der Waals surface area contributed by atoms with E-state index in [9.17, 15) is 4.79 Å². The van der Waals surface area contributed by atoms with E-state index in [4.69, 9.17) is 0 Å². The molecule has 0 aliphatic carbocycles. The van der Waals surface area contributed by atoms with Gasteiger partial charge in [0.1, 0.15) is 5.82 Å². The highest BCUT2D eigenvalue weighted by Crippen LogP contribution is 2.25. The summed E-state index contributed by atoms with van der Waals surface area (Å²) in [5, 5.41) is 0.554. The van der Waals surface area contributed by atoms with E-state index in [1.54, 1.807) is 12.1 Å². The number of nitrogens with zero attached hydrogens (tertiary/aromatic N) is 2. The molecule has 0 unspecified atom stereocenters. The fourth-order valence-electron chi connectivity index (χ4n) is 1.48. The van der Waals surface area contributed by atoms with Gasteiger partial charge in [0.15, 0.2) is 0 Å². The van der Waals surface area contributed by atoms with Crippen LogP contribution in [-0.2, 0) is 0 Å². The molecule has 0 aliphatic rings. The molecular weight excluding hydrogens is 362 g/mol. The van der Waals surface area contributed by atoms with Crippen LogP contribution in [0.1, 0.15) is 5.82 Å². The minimum atomic E-state index is -0.152. The van der Waals surface area contributed by atoms with Crippen molar-refractivity contribution in [2.75, 3.05) is 14.1 Å². The Morgan fingerprint density at radius 2 is 2.06 bits per heavy atom. The number of hydrogen-bond donors (Lipinski definition) is 1. The number of benzene rings is 1. The molecule has 1 aromatic carbocycles. The predicted octanol–water partition coefficient (Wildman–Crippen LogP) is 2.98. The fourth-order valence-corrected chi connectivity index (χ4v) is 2.80. The van der Waals surface area contributed by atoms with Crippen LogP contribution in [0.5, 0.6) is 0 Å². The summed E-state index contributed by atoms with van der Waals surface area (Å²) in [5.74, 6) is 0.532. The number of rotatable bonds is 2. The Morgan fingerprint density at radius 1 is 1.33 bits per heavy atom. The molecule has 0 spiro atoms. The number of halogens is 2. The number of hydrogen-bond acceptors (Lipinski definition) is 3. The molecule has 0 saturated heterocycles. The summed E-state index contributed by atoms with van der Waals surface area (Å²) in [6.45, 7) is 0. The van der Waals surface area contributed by atoms with E-state index in [1.807, 2.05) is 31.3 Å². The maximum Gasteiger partial charge on any atom is 0.259 e. The van der Waals surface area contributed by atoms with Gasteiger partial charge in [-0.2, -0.15) is 0 Å². The van der Waals surface area contributed by atoms with E-state index >= 15 is 0 Å². The molecule has 0 radical (unpaired) electrons. The maximum absolute atomic E-state index is 12.0. The lowest BCUT2D eigenvalue weighted by Crippen LogP contribution is -2.10. The molecule has 0 amide bonds. The molecule has 0 aliphatic heterocycles. The van der Waals surface area contributed by atoms with Crippen LogP contribution in [0.15, 0.2) is 32.1 Å². The van der Waals surface area contributed by atoms with E-state index in [0.29, 0.717) is 16.7 Å². The standard InChI is InChI=1S/C12H11Br2N3O/c1-17(2)4-3-10-15-11-8(12(18)16-10)5-7(13)6-9(11)14/h3-6H,1-2H3,(H,15,16,18)/b4-3+. The summed E-state index contributed by atoms with van der Waals surface area (Å²) in [7, 11) is 3.81. The highest BCUT2D eigenvalue weighted by Gasteiger charge is 2.07. The first-order valence-corrected chi connectivity index (χ1v) is 6.79. The molecule has 0 atom stereocenters. The lowest BCUT2D eigenvalue weighted by molar-refractivity contribution is 0.567. The van der Waals surface area contributed by atoms with Crippen molar-refractivity contribution in [3.63, 3.8) is 0 Å². The maximum atomic E-state index is 12.0. The van der Waals surface area contributed by atoms with E-state index in [1.165, 1.54) is 0 Å². The smallest absolute Gasteiger partial charge is 0.259 e. The Bertz CT molecular complexity index is 677. The van der Waals surface area contributed by atoms with Crippen molar-refractivity contribution >= 4 is 48.8 Å². The summed E-state index contributed by atoms with van der Waals surface area (Å²) in [6, 6.07) is 3.62. The van der Waals surface area contributed by atoms with E-state index in [0.717, 1.165) is 8.95 Å². The average Bonchev–Trinajstić information content (AvgIpc) is 2.28. The van der Waals surface area contributed by atoms with Gasteiger partial charge in [-0.05, 0) is 34.1 Å². The van der Waals surface area contributed by atoms with Crippen LogP contribution < -0.4 is 5.56 Å². The van der Waals surface area contributed by atoms with Crippen LogP contribution in [-0.4, -0.2) is 29.0 Å². The third kappa shape index (κ3) is 2.81. The van der Waals surface area contributed by atoms with Gasteiger partial charge in [0.2, 0.25) is 0 Å². The SMILES string of the molecule is CN(C)/C=C/c1nc2c(Br)cc(Br)cc2c(=O)[nH]1. The topological polar surface area (TPSA) is 49.0 Å². The van der Waals surface area contributed by atoms with E-state index in [-0.39, 0.29) is 5.56 Å². The highest BCUT2D eigenvalue weighted by atomic mass is 79.9. The molecule has 4 nitrogen and oxygen atoms in total. The molecule has 1 N–H and O–H groups in total. The first-order valence-electron chi connectivity index (χ1n) is 5.21. The van der Waals surface area contributed by atoms with Crippen molar-refractivity contribution in [1.82, 2.24) is 14.9 Å². The van der Waals surface area contributed by atoms with Crippen molar-refractivity contribution in [1.29, 1.82) is 0 Å². The number of aromatic amines is 1. The molecule has 1 aromatic heterocycles. The first kappa shape index (κ1) is 13.3. The van der Waals surface area contributed by atoms with Gasteiger partial charge in [0, 0.05) is 29.2 Å². The molecule has 94 valence electrons. The van der Waals surface area contributed by atoms with Crippen LogP contribution in [0.3, 0.4) is 0 Å². The molecule has 18 heavy (non-hydrogen) atoms. The van der Waals surface area contributed by atoms with Gasteiger partial charge in [0.25, 0.3) is 5.56 Å². The summed E-state index contributed by atoms with van der Waals surface area (Å²) >= 11 is 6.77. The highest BCUT2D eigenvalue weighted by molar-refractivity contribution is 9.11. The molecule has 2 aromatic rings. The Morgan fingerprint density at radius 3 is 2.72 bits per heavy atom. The zero-order chi connectivity index (χ0) is 13.3. The van der Waals surface area contributed by atoms with Gasteiger partial charge in [-0.3, -0.25) is 4.79 Å². The molecule has 0 saturated carbocycles. The van der Waals surface area contributed by atoms with Gasteiger partial charge in [-0.15, -0.1) is 0 Å². The summed E-state index contributed by atoms with van der Waals surface area (Å²) in [6.07, 6.45) is 3.59. The zero-order valence-electron chi connectivity index (χ0n) is 9.87. The third-order valence-electron chi connectivity index (χ3n) is 2.28. The molecule has 0 bridgehead atoms. The Labute approximate surface area is 121 Å². The Hall–Kier alpha value is -1.14. The molecule has 2 rings (SSSR count). The summed E-state index contributed by atoms with van der Waals surface area (Å²) in [5.41, 5.74) is 0.501. The van der Waals surface area contributed by atoms with Crippen LogP contribution >= 0.6 is 31.9 Å². The van der Waals surface area contributed by atoms with Crippen molar-refractivity contribution in [3.8, 4) is 0 Å². The van der Waals surface area contributed by atoms with Crippen molar-refractivity contribution < 1.29 is 0 Å². The van der Waals surface area contributed by atoms with Crippen LogP contribution in [0, 0.1) is 0 Å². The van der Waals surface area contributed by atoms with E-state index in [2.05, 4.69) is 41.8 Å². The Balaban J connectivity index is 2.66. The van der Waals surface area contributed by atoms with Gasteiger partial charge >= 0.3 is 0 Å². The normalized spacial score (nSPS) is 11.3. The number of H-pyrrole nitrogens is 1. The second-order valence-corrected chi connectivity index (χ2v) is 5.78. The van der Waals surface area contributed by atoms with Gasteiger partial charge in [-0.25, -0.2) is 4.98 Å². The van der Waals surface area contributed by atoms with Crippen LogP contribution in [0.4, 0.5) is 0 Å². The largest absolute Gasteiger partial charge is 0.383 e. The molecule has 1 heterocycles. The predicted molar refractivity (Wildman–Crippen MR) is 80.5 cm³/mol. The second kappa shape index (κ2) is 5.24. The van der Waals surface area contributed by atoms with Gasteiger partial charge < -0.3 is 9.88 Å². The first-order chi connectivity index (χ1) is 8.47. The minimum Gasteiger partial charge on any atom is -0.383 e. The second-order valence-electron chi connectivity index (χ2n) is 4.01. The lowest BCUT2D eigenvalue weighted by Gasteiger charge is -2.05. The number of aromatic nitrogens is 2. The van der Waals surface area contributed by atoms with Crippen molar-refractivity contribution in [2.24, 2.45) is 0 Å². The van der Waals surface area contributed by atoms with Gasteiger partial charge in [0.05, 0.1) is 10.9 Å². The summed E-state index contributed by atoms with van der Waals surface area (Å²) in [4.78, 5) is 21.0. The number of nitrogens with one attached hydrogen (secondary N) is 1. The van der Waals surface area contributed by atoms with Crippen LogP contribution in [0.2, 0.25) is 0 Å². The van der Waals surface area contributed by atoms with E-state index < -0.39 is 0 Å².